The predicted octanol–water partition coefficient (Wildman–Crippen LogP) is -0.0154. The molecule has 0 aliphatic carbocycles. The van der Waals surface area contributed by atoms with Crippen LogP contribution >= 0.6 is 0 Å². The van der Waals surface area contributed by atoms with Crippen molar-refractivity contribution >= 4 is 11.8 Å². The number of benzene rings is 1. The first-order valence-corrected chi connectivity index (χ1v) is 6.60. The molecule has 0 bridgehead atoms. The average molecular weight is 277 g/mol. The molecule has 2 rings (SSSR count). The van der Waals surface area contributed by atoms with E-state index in [4.69, 9.17) is 10.5 Å². The molecular formula is C14H19N3O3. The molecule has 1 unspecified atom stereocenters. The van der Waals surface area contributed by atoms with E-state index >= 15 is 0 Å². The number of hydrogen-bond acceptors (Lipinski definition) is 4. The molecular weight excluding hydrogens is 258 g/mol. The van der Waals surface area contributed by atoms with Crippen molar-refractivity contribution in [3.63, 3.8) is 0 Å². The largest absolute Gasteiger partial charge is 0.484 e. The predicted molar refractivity (Wildman–Crippen MR) is 74.5 cm³/mol. The molecule has 3 N–H and O–H groups in total. The van der Waals surface area contributed by atoms with Crippen LogP contribution < -0.4 is 15.8 Å². The van der Waals surface area contributed by atoms with Gasteiger partial charge in [-0.25, -0.2) is 0 Å². The highest BCUT2D eigenvalue weighted by Crippen LogP contribution is 2.14. The molecule has 0 aromatic heterocycles. The zero-order valence-electron chi connectivity index (χ0n) is 11.5. The number of amides is 2. The van der Waals surface area contributed by atoms with E-state index in [-0.39, 0.29) is 12.5 Å². The van der Waals surface area contributed by atoms with E-state index in [0.29, 0.717) is 30.4 Å². The SMILES string of the molecule is CC1CN(C(=O)c2ccc(OCC(N)=O)cc2)CCN1. The first-order chi connectivity index (χ1) is 9.56. The molecule has 1 aromatic rings. The minimum absolute atomic E-state index is 0.0137. The molecule has 0 radical (unpaired) electrons. The van der Waals surface area contributed by atoms with Gasteiger partial charge < -0.3 is 20.7 Å². The lowest BCUT2D eigenvalue weighted by atomic mass is 10.1. The minimum Gasteiger partial charge on any atom is -0.484 e. The van der Waals surface area contributed by atoms with Gasteiger partial charge in [-0.15, -0.1) is 0 Å². The van der Waals surface area contributed by atoms with Gasteiger partial charge in [0.05, 0.1) is 0 Å². The zero-order valence-corrected chi connectivity index (χ0v) is 11.5. The van der Waals surface area contributed by atoms with E-state index in [1.54, 1.807) is 24.3 Å². The molecule has 0 saturated carbocycles. The Bertz CT molecular complexity index is 487. The smallest absolute Gasteiger partial charge is 0.255 e. The summed E-state index contributed by atoms with van der Waals surface area (Å²) in [6.07, 6.45) is 0. The number of piperazine rings is 1. The van der Waals surface area contributed by atoms with Crippen molar-refractivity contribution < 1.29 is 14.3 Å². The van der Waals surface area contributed by atoms with Crippen molar-refractivity contribution in [1.29, 1.82) is 0 Å². The summed E-state index contributed by atoms with van der Waals surface area (Å²) in [6.45, 7) is 4.12. The molecule has 1 atom stereocenters. The second kappa shape index (κ2) is 6.38. The normalized spacial score (nSPS) is 18.6. The van der Waals surface area contributed by atoms with Crippen LogP contribution in [0.1, 0.15) is 17.3 Å². The lowest BCUT2D eigenvalue weighted by Crippen LogP contribution is -2.51. The summed E-state index contributed by atoms with van der Waals surface area (Å²) in [4.78, 5) is 24.8. The number of carbonyl (C=O) groups excluding carboxylic acids is 2. The number of hydrogen-bond donors (Lipinski definition) is 2. The highest BCUT2D eigenvalue weighted by Gasteiger charge is 2.21. The molecule has 6 nitrogen and oxygen atoms in total. The number of nitrogens with one attached hydrogen (secondary N) is 1. The molecule has 1 aliphatic heterocycles. The summed E-state index contributed by atoms with van der Waals surface area (Å²) in [6, 6.07) is 7.05. The number of ether oxygens (including phenoxy) is 1. The lowest BCUT2D eigenvalue weighted by Gasteiger charge is -2.32. The van der Waals surface area contributed by atoms with Crippen molar-refractivity contribution in [2.45, 2.75) is 13.0 Å². The van der Waals surface area contributed by atoms with Crippen LogP contribution in [0.2, 0.25) is 0 Å². The fourth-order valence-electron chi connectivity index (χ4n) is 2.15. The topological polar surface area (TPSA) is 84.7 Å². The van der Waals surface area contributed by atoms with Crippen molar-refractivity contribution in [3.8, 4) is 5.75 Å². The van der Waals surface area contributed by atoms with E-state index in [2.05, 4.69) is 12.2 Å². The molecule has 1 aromatic carbocycles. The Kier molecular flexibility index (Phi) is 4.57. The third kappa shape index (κ3) is 3.71. The summed E-state index contributed by atoms with van der Waals surface area (Å²) in [7, 11) is 0. The van der Waals surface area contributed by atoms with Crippen LogP contribution in [0.15, 0.2) is 24.3 Å². The fourth-order valence-corrected chi connectivity index (χ4v) is 2.15. The third-order valence-electron chi connectivity index (χ3n) is 3.14. The van der Waals surface area contributed by atoms with Gasteiger partial charge in [0.1, 0.15) is 5.75 Å². The summed E-state index contributed by atoms with van der Waals surface area (Å²) in [5.74, 6) is 0.00814. The van der Waals surface area contributed by atoms with Crippen LogP contribution in [0.5, 0.6) is 5.75 Å². The van der Waals surface area contributed by atoms with Crippen molar-refractivity contribution in [2.75, 3.05) is 26.2 Å². The lowest BCUT2D eigenvalue weighted by molar-refractivity contribution is -0.119. The molecule has 108 valence electrons. The number of carbonyl (C=O) groups is 2. The van der Waals surface area contributed by atoms with E-state index in [1.807, 2.05) is 4.90 Å². The first kappa shape index (κ1) is 14.3. The summed E-state index contributed by atoms with van der Waals surface area (Å²) >= 11 is 0. The van der Waals surface area contributed by atoms with Gasteiger partial charge in [0, 0.05) is 31.2 Å². The minimum atomic E-state index is -0.528. The Labute approximate surface area is 117 Å². The van der Waals surface area contributed by atoms with Gasteiger partial charge in [-0.3, -0.25) is 9.59 Å². The van der Waals surface area contributed by atoms with Crippen LogP contribution in [0, 0.1) is 0 Å². The third-order valence-corrected chi connectivity index (χ3v) is 3.14. The quantitative estimate of drug-likeness (QED) is 0.810. The Hall–Kier alpha value is -2.08. The maximum atomic E-state index is 12.3. The van der Waals surface area contributed by atoms with Gasteiger partial charge >= 0.3 is 0 Å². The van der Waals surface area contributed by atoms with Gasteiger partial charge in [0.15, 0.2) is 6.61 Å². The van der Waals surface area contributed by atoms with Crippen molar-refractivity contribution in [1.82, 2.24) is 10.2 Å². The van der Waals surface area contributed by atoms with Gasteiger partial charge in [-0.1, -0.05) is 0 Å². The maximum Gasteiger partial charge on any atom is 0.255 e. The van der Waals surface area contributed by atoms with E-state index in [0.717, 1.165) is 6.54 Å². The summed E-state index contributed by atoms with van der Waals surface area (Å²) in [5.41, 5.74) is 5.61. The summed E-state index contributed by atoms with van der Waals surface area (Å²) in [5, 5.41) is 3.30. The Morgan fingerprint density at radius 1 is 1.40 bits per heavy atom. The monoisotopic (exact) mass is 277 g/mol. The molecule has 1 fully saturated rings. The van der Waals surface area contributed by atoms with Crippen LogP contribution in [-0.2, 0) is 4.79 Å². The zero-order chi connectivity index (χ0) is 14.5. The number of rotatable bonds is 4. The molecule has 0 spiro atoms. The molecule has 1 heterocycles. The van der Waals surface area contributed by atoms with E-state index < -0.39 is 5.91 Å². The fraction of sp³-hybridized carbons (Fsp3) is 0.429. The second-order valence-electron chi connectivity index (χ2n) is 4.89. The second-order valence-corrected chi connectivity index (χ2v) is 4.89. The highest BCUT2D eigenvalue weighted by molar-refractivity contribution is 5.94. The van der Waals surface area contributed by atoms with E-state index in [1.165, 1.54) is 0 Å². The number of primary amides is 1. The summed E-state index contributed by atoms with van der Waals surface area (Å²) < 4.78 is 5.16. The molecule has 1 saturated heterocycles. The molecule has 6 heteroatoms. The number of nitrogens with zero attached hydrogens (tertiary/aromatic N) is 1. The Morgan fingerprint density at radius 2 is 2.10 bits per heavy atom. The molecule has 1 aliphatic rings. The van der Waals surface area contributed by atoms with Crippen LogP contribution in [0.25, 0.3) is 0 Å². The Balaban J connectivity index is 1.98. The van der Waals surface area contributed by atoms with Gasteiger partial charge in [0.25, 0.3) is 11.8 Å². The molecule has 2 amide bonds. The van der Waals surface area contributed by atoms with E-state index in [9.17, 15) is 9.59 Å². The van der Waals surface area contributed by atoms with Gasteiger partial charge in [-0.2, -0.15) is 0 Å². The average Bonchev–Trinajstić information content (AvgIpc) is 2.45. The number of nitrogens with two attached hydrogens (primary N) is 1. The van der Waals surface area contributed by atoms with Crippen LogP contribution in [0.4, 0.5) is 0 Å². The first-order valence-electron chi connectivity index (χ1n) is 6.60. The Morgan fingerprint density at radius 3 is 2.70 bits per heavy atom. The molecule has 20 heavy (non-hydrogen) atoms. The van der Waals surface area contributed by atoms with Gasteiger partial charge in [-0.05, 0) is 31.2 Å². The van der Waals surface area contributed by atoms with Crippen molar-refractivity contribution in [3.05, 3.63) is 29.8 Å². The van der Waals surface area contributed by atoms with Crippen molar-refractivity contribution in [2.24, 2.45) is 5.73 Å². The van der Waals surface area contributed by atoms with Gasteiger partial charge in [0.2, 0.25) is 0 Å². The van der Waals surface area contributed by atoms with Crippen LogP contribution in [-0.4, -0.2) is 49.0 Å². The van der Waals surface area contributed by atoms with Crippen LogP contribution in [0.3, 0.4) is 0 Å². The highest BCUT2D eigenvalue weighted by atomic mass is 16.5. The maximum absolute atomic E-state index is 12.3. The standard InChI is InChI=1S/C14H19N3O3/c1-10-8-17(7-6-16-10)14(19)11-2-4-12(5-3-11)20-9-13(15)18/h2-5,10,16H,6-9H2,1H3,(H2,15,18).